The van der Waals surface area contributed by atoms with E-state index in [1.165, 1.54) is 12.5 Å². The molecule has 0 atom stereocenters. The Kier molecular flexibility index (Phi) is 3.97. The predicted molar refractivity (Wildman–Crippen MR) is 74.1 cm³/mol. The molecule has 0 amide bonds. The van der Waals surface area contributed by atoms with E-state index >= 15 is 0 Å². The molecule has 0 bridgehead atoms. The minimum absolute atomic E-state index is 0.142. The van der Waals surface area contributed by atoms with Gasteiger partial charge in [-0.3, -0.25) is 0 Å². The second-order valence-corrected chi connectivity index (χ2v) is 5.08. The van der Waals surface area contributed by atoms with Crippen molar-refractivity contribution in [3.63, 3.8) is 0 Å². The number of halogens is 3. The molecular weight excluding hydrogens is 297 g/mol. The Labute approximate surface area is 124 Å². The van der Waals surface area contributed by atoms with Gasteiger partial charge in [-0.15, -0.1) is 0 Å². The van der Waals surface area contributed by atoms with Gasteiger partial charge in [0.05, 0.1) is 6.33 Å². The molecule has 22 heavy (non-hydrogen) atoms. The zero-order chi connectivity index (χ0) is 15.6. The van der Waals surface area contributed by atoms with Crippen LogP contribution in [0.4, 0.5) is 19.1 Å². The lowest BCUT2D eigenvalue weighted by atomic mass is 10.1. The SMILES string of the molecule is FC(F)(F)c1cnc(NC2CCNCC2)nc1-c1c[nH]cn1. The number of anilines is 1. The van der Waals surface area contributed by atoms with E-state index in [4.69, 9.17) is 0 Å². The van der Waals surface area contributed by atoms with Crippen molar-refractivity contribution in [3.8, 4) is 11.4 Å². The second-order valence-electron chi connectivity index (χ2n) is 5.08. The smallest absolute Gasteiger partial charge is 0.351 e. The Balaban J connectivity index is 1.92. The van der Waals surface area contributed by atoms with E-state index in [1.807, 2.05) is 0 Å². The number of alkyl halides is 3. The first-order valence-electron chi connectivity index (χ1n) is 6.94. The van der Waals surface area contributed by atoms with Crippen LogP contribution in [0.25, 0.3) is 11.4 Å². The summed E-state index contributed by atoms with van der Waals surface area (Å²) >= 11 is 0. The van der Waals surface area contributed by atoms with E-state index in [9.17, 15) is 13.2 Å². The summed E-state index contributed by atoms with van der Waals surface area (Å²) in [5, 5.41) is 6.31. The maximum absolute atomic E-state index is 13.1. The second kappa shape index (κ2) is 5.91. The van der Waals surface area contributed by atoms with Crippen molar-refractivity contribution in [2.45, 2.75) is 25.1 Å². The number of hydrogen-bond donors (Lipinski definition) is 3. The van der Waals surface area contributed by atoms with Crippen LogP contribution >= 0.6 is 0 Å². The molecule has 0 unspecified atom stereocenters. The highest BCUT2D eigenvalue weighted by Gasteiger charge is 2.36. The highest BCUT2D eigenvalue weighted by molar-refractivity contribution is 5.60. The highest BCUT2D eigenvalue weighted by atomic mass is 19.4. The molecule has 0 aromatic carbocycles. The van der Waals surface area contributed by atoms with E-state index in [1.54, 1.807) is 0 Å². The van der Waals surface area contributed by atoms with Crippen molar-refractivity contribution in [2.24, 2.45) is 0 Å². The third kappa shape index (κ3) is 3.19. The summed E-state index contributed by atoms with van der Waals surface area (Å²) in [7, 11) is 0. The van der Waals surface area contributed by atoms with Crippen LogP contribution in [0.1, 0.15) is 18.4 Å². The third-order valence-corrected chi connectivity index (χ3v) is 3.51. The highest BCUT2D eigenvalue weighted by Crippen LogP contribution is 2.35. The van der Waals surface area contributed by atoms with Gasteiger partial charge in [-0.05, 0) is 25.9 Å². The fourth-order valence-corrected chi connectivity index (χ4v) is 2.39. The summed E-state index contributed by atoms with van der Waals surface area (Å²) in [5.41, 5.74) is -0.973. The minimum Gasteiger partial charge on any atom is -0.351 e. The predicted octanol–water partition coefficient (Wildman–Crippen LogP) is 2.05. The van der Waals surface area contributed by atoms with Gasteiger partial charge in [-0.1, -0.05) is 0 Å². The normalized spacial score (nSPS) is 16.7. The van der Waals surface area contributed by atoms with Crippen molar-refractivity contribution in [1.29, 1.82) is 0 Å². The van der Waals surface area contributed by atoms with E-state index in [-0.39, 0.29) is 23.4 Å². The van der Waals surface area contributed by atoms with Crippen LogP contribution in [0.3, 0.4) is 0 Å². The van der Waals surface area contributed by atoms with Gasteiger partial charge in [-0.25, -0.2) is 15.0 Å². The lowest BCUT2D eigenvalue weighted by molar-refractivity contribution is -0.137. The molecule has 0 saturated carbocycles. The average Bonchev–Trinajstić information content (AvgIpc) is 3.01. The quantitative estimate of drug-likeness (QED) is 0.808. The average molecular weight is 312 g/mol. The standard InChI is InChI=1S/C13H15F3N6/c14-13(15,16)9-5-19-12(21-8-1-3-17-4-2-8)22-11(9)10-6-18-7-20-10/h5-8,17H,1-4H2,(H,18,20)(H,19,21,22). The van der Waals surface area contributed by atoms with Crippen LogP contribution in [-0.2, 0) is 6.18 Å². The number of imidazole rings is 1. The Morgan fingerprint density at radius 1 is 1.18 bits per heavy atom. The largest absolute Gasteiger partial charge is 0.420 e. The van der Waals surface area contributed by atoms with Crippen LogP contribution in [0, 0.1) is 0 Å². The lowest BCUT2D eigenvalue weighted by Gasteiger charge is -2.24. The van der Waals surface area contributed by atoms with Crippen LogP contribution < -0.4 is 10.6 Å². The fraction of sp³-hybridized carbons (Fsp3) is 0.462. The number of nitrogens with zero attached hydrogens (tertiary/aromatic N) is 3. The van der Waals surface area contributed by atoms with Crippen LogP contribution in [-0.4, -0.2) is 39.1 Å². The Morgan fingerprint density at radius 3 is 2.59 bits per heavy atom. The van der Waals surface area contributed by atoms with Crippen molar-refractivity contribution in [3.05, 3.63) is 24.3 Å². The van der Waals surface area contributed by atoms with E-state index in [0.717, 1.165) is 32.1 Å². The number of rotatable bonds is 3. The van der Waals surface area contributed by atoms with Gasteiger partial charge in [0.2, 0.25) is 5.95 Å². The van der Waals surface area contributed by atoms with Gasteiger partial charge in [0.1, 0.15) is 17.0 Å². The molecule has 1 saturated heterocycles. The van der Waals surface area contributed by atoms with Crippen molar-refractivity contribution in [1.82, 2.24) is 25.3 Å². The number of hydrogen-bond acceptors (Lipinski definition) is 5. The molecule has 3 rings (SSSR count). The Bertz CT molecular complexity index is 619. The van der Waals surface area contributed by atoms with Crippen LogP contribution in [0.2, 0.25) is 0 Å². The van der Waals surface area contributed by atoms with E-state index in [2.05, 4.69) is 30.6 Å². The van der Waals surface area contributed by atoms with Crippen LogP contribution in [0.15, 0.2) is 18.7 Å². The molecule has 2 aromatic rings. The van der Waals surface area contributed by atoms with Gasteiger partial charge >= 0.3 is 6.18 Å². The molecule has 0 spiro atoms. The van der Waals surface area contributed by atoms with E-state index < -0.39 is 11.7 Å². The molecule has 1 fully saturated rings. The Morgan fingerprint density at radius 2 is 1.95 bits per heavy atom. The maximum atomic E-state index is 13.1. The Hall–Kier alpha value is -2.16. The zero-order valence-corrected chi connectivity index (χ0v) is 11.6. The number of nitrogens with one attached hydrogen (secondary N) is 3. The molecule has 9 heteroatoms. The van der Waals surface area contributed by atoms with Crippen LogP contribution in [0.5, 0.6) is 0 Å². The third-order valence-electron chi connectivity index (χ3n) is 3.51. The van der Waals surface area contributed by atoms with Gasteiger partial charge in [-0.2, -0.15) is 13.2 Å². The number of piperidine rings is 1. The molecule has 2 aromatic heterocycles. The molecule has 0 radical (unpaired) electrons. The summed E-state index contributed by atoms with van der Waals surface area (Å²) in [6.45, 7) is 1.73. The van der Waals surface area contributed by atoms with Gasteiger partial charge < -0.3 is 15.6 Å². The fourth-order valence-electron chi connectivity index (χ4n) is 2.39. The van der Waals surface area contributed by atoms with Gasteiger partial charge in [0.25, 0.3) is 0 Å². The summed E-state index contributed by atoms with van der Waals surface area (Å²) in [4.78, 5) is 14.3. The van der Waals surface area contributed by atoms with Gasteiger partial charge in [0.15, 0.2) is 0 Å². The summed E-state index contributed by atoms with van der Waals surface area (Å²) in [6, 6.07) is 0.157. The maximum Gasteiger partial charge on any atom is 0.420 e. The molecule has 3 N–H and O–H groups in total. The molecule has 1 aliphatic rings. The lowest BCUT2D eigenvalue weighted by Crippen LogP contribution is -2.35. The molecule has 1 aliphatic heterocycles. The van der Waals surface area contributed by atoms with Crippen molar-refractivity contribution in [2.75, 3.05) is 18.4 Å². The molecule has 118 valence electrons. The summed E-state index contributed by atoms with van der Waals surface area (Å²) < 4.78 is 39.3. The molecule has 0 aliphatic carbocycles. The number of aromatic nitrogens is 4. The number of aromatic amines is 1. The monoisotopic (exact) mass is 312 g/mol. The number of H-pyrrole nitrogens is 1. The zero-order valence-electron chi connectivity index (χ0n) is 11.6. The summed E-state index contributed by atoms with van der Waals surface area (Å²) in [6.07, 6.45) is 0.732. The minimum atomic E-state index is -4.53. The van der Waals surface area contributed by atoms with Crippen molar-refractivity contribution < 1.29 is 13.2 Å². The summed E-state index contributed by atoms with van der Waals surface area (Å²) in [5.74, 6) is 0.193. The topological polar surface area (TPSA) is 78.5 Å². The first kappa shape index (κ1) is 14.8. The molecular formula is C13H15F3N6. The van der Waals surface area contributed by atoms with Gasteiger partial charge in [0, 0.05) is 18.4 Å². The first-order valence-corrected chi connectivity index (χ1v) is 6.94. The molecule has 3 heterocycles. The van der Waals surface area contributed by atoms with E-state index in [0.29, 0.717) is 0 Å². The first-order chi connectivity index (χ1) is 10.5. The molecule has 6 nitrogen and oxygen atoms in total. The van der Waals surface area contributed by atoms with Crippen molar-refractivity contribution >= 4 is 5.95 Å².